The summed E-state index contributed by atoms with van der Waals surface area (Å²) < 4.78 is 6.90. The van der Waals surface area contributed by atoms with Crippen molar-refractivity contribution in [2.75, 3.05) is 0 Å². The molecule has 0 spiro atoms. The predicted molar refractivity (Wildman–Crippen MR) is 94.9 cm³/mol. The Kier molecular flexibility index (Phi) is 4.16. The maximum atomic E-state index is 12.5. The maximum absolute atomic E-state index is 12.5. The summed E-state index contributed by atoms with van der Waals surface area (Å²) in [7, 11) is 0. The van der Waals surface area contributed by atoms with Crippen LogP contribution in [0.1, 0.15) is 26.5 Å². The van der Waals surface area contributed by atoms with Crippen LogP contribution >= 0.6 is 0 Å². The van der Waals surface area contributed by atoms with Crippen molar-refractivity contribution in [3.05, 3.63) is 60.3 Å². The minimum Gasteiger partial charge on any atom is -0.443 e. The van der Waals surface area contributed by atoms with Gasteiger partial charge in [-0.25, -0.2) is 9.36 Å². The Bertz CT molecular complexity index is 873. The van der Waals surface area contributed by atoms with Crippen molar-refractivity contribution in [2.45, 2.75) is 33.0 Å². The standard InChI is InChI=1S/C20H21NO3/c1-20(2,3)24-19(23)21-17(13-22)12-16-11-15(9-10-18(16)21)14-7-5-4-6-8-14/h4-12,22H,13H2,1-3H3. The van der Waals surface area contributed by atoms with Gasteiger partial charge in [-0.3, -0.25) is 0 Å². The molecule has 4 heteroatoms. The second-order valence-corrected chi connectivity index (χ2v) is 6.75. The Hall–Kier alpha value is -2.59. The van der Waals surface area contributed by atoms with E-state index in [0.29, 0.717) is 5.69 Å². The predicted octanol–water partition coefficient (Wildman–Crippen LogP) is 4.58. The maximum Gasteiger partial charge on any atom is 0.419 e. The number of fused-ring (bicyclic) bond motifs is 1. The van der Waals surface area contributed by atoms with Gasteiger partial charge >= 0.3 is 6.09 Å². The lowest BCUT2D eigenvalue weighted by atomic mass is 10.0. The first kappa shape index (κ1) is 16.3. The number of aliphatic hydroxyl groups is 1. The molecule has 0 amide bonds. The van der Waals surface area contributed by atoms with Gasteiger partial charge in [0.2, 0.25) is 0 Å². The molecule has 0 atom stereocenters. The Morgan fingerprint density at radius 2 is 1.75 bits per heavy atom. The number of aromatic nitrogens is 1. The largest absolute Gasteiger partial charge is 0.443 e. The third kappa shape index (κ3) is 3.19. The summed E-state index contributed by atoms with van der Waals surface area (Å²) in [4.78, 5) is 12.5. The molecule has 0 radical (unpaired) electrons. The quantitative estimate of drug-likeness (QED) is 0.751. The Morgan fingerprint density at radius 1 is 1.04 bits per heavy atom. The summed E-state index contributed by atoms with van der Waals surface area (Å²) in [6.45, 7) is 5.24. The van der Waals surface area contributed by atoms with Crippen LogP contribution in [-0.2, 0) is 11.3 Å². The fourth-order valence-electron chi connectivity index (χ4n) is 2.72. The van der Waals surface area contributed by atoms with Crippen LogP contribution in [0.5, 0.6) is 0 Å². The van der Waals surface area contributed by atoms with Crippen LogP contribution in [0.4, 0.5) is 4.79 Å². The summed E-state index contributed by atoms with van der Waals surface area (Å²) in [5.41, 5.74) is 2.83. The Morgan fingerprint density at radius 3 is 2.38 bits per heavy atom. The average Bonchev–Trinajstić information content (AvgIpc) is 2.91. The molecule has 0 saturated carbocycles. The molecule has 0 aliphatic rings. The van der Waals surface area contributed by atoms with E-state index in [4.69, 9.17) is 4.74 Å². The second kappa shape index (κ2) is 6.13. The van der Waals surface area contributed by atoms with Gasteiger partial charge in [0.1, 0.15) is 5.60 Å². The van der Waals surface area contributed by atoms with E-state index in [9.17, 15) is 9.90 Å². The van der Waals surface area contributed by atoms with Crippen LogP contribution in [0, 0.1) is 0 Å². The molecule has 0 fully saturated rings. The first-order chi connectivity index (χ1) is 11.4. The highest BCUT2D eigenvalue weighted by atomic mass is 16.6. The van der Waals surface area contributed by atoms with Crippen LogP contribution in [0.25, 0.3) is 22.0 Å². The average molecular weight is 323 g/mol. The van der Waals surface area contributed by atoms with Gasteiger partial charge in [0, 0.05) is 5.39 Å². The normalized spacial score (nSPS) is 11.7. The molecule has 24 heavy (non-hydrogen) atoms. The van der Waals surface area contributed by atoms with E-state index in [-0.39, 0.29) is 6.61 Å². The number of carbonyl (C=O) groups is 1. The van der Waals surface area contributed by atoms with Crippen molar-refractivity contribution in [2.24, 2.45) is 0 Å². The molecule has 4 nitrogen and oxygen atoms in total. The first-order valence-corrected chi connectivity index (χ1v) is 7.93. The molecular weight excluding hydrogens is 302 g/mol. The zero-order chi connectivity index (χ0) is 17.3. The molecule has 124 valence electrons. The number of rotatable bonds is 2. The molecular formula is C20H21NO3. The van der Waals surface area contributed by atoms with Gasteiger partial charge in [0.25, 0.3) is 0 Å². The van der Waals surface area contributed by atoms with E-state index >= 15 is 0 Å². The van der Waals surface area contributed by atoms with E-state index in [1.165, 1.54) is 4.57 Å². The summed E-state index contributed by atoms with van der Waals surface area (Å²) in [5, 5.41) is 10.5. The van der Waals surface area contributed by atoms with Crippen LogP contribution in [0.2, 0.25) is 0 Å². The highest BCUT2D eigenvalue weighted by molar-refractivity contribution is 5.93. The number of nitrogens with zero attached hydrogens (tertiary/aromatic N) is 1. The van der Waals surface area contributed by atoms with E-state index in [2.05, 4.69) is 0 Å². The number of aliphatic hydroxyl groups excluding tert-OH is 1. The summed E-state index contributed by atoms with van der Waals surface area (Å²) in [5.74, 6) is 0. The fourth-order valence-corrected chi connectivity index (χ4v) is 2.72. The van der Waals surface area contributed by atoms with Crippen molar-refractivity contribution in [1.82, 2.24) is 4.57 Å². The number of benzene rings is 2. The minimum atomic E-state index is -0.593. The van der Waals surface area contributed by atoms with Gasteiger partial charge in [-0.15, -0.1) is 0 Å². The van der Waals surface area contributed by atoms with Gasteiger partial charge in [-0.1, -0.05) is 36.4 Å². The zero-order valence-corrected chi connectivity index (χ0v) is 14.1. The SMILES string of the molecule is CC(C)(C)OC(=O)n1c(CO)cc2cc(-c3ccccc3)ccc21. The molecule has 0 unspecified atom stereocenters. The van der Waals surface area contributed by atoms with Crippen molar-refractivity contribution >= 4 is 17.0 Å². The molecule has 0 aliphatic carbocycles. The number of carbonyl (C=O) groups excluding carboxylic acids is 1. The van der Waals surface area contributed by atoms with Gasteiger partial charge < -0.3 is 9.84 Å². The molecule has 3 rings (SSSR count). The fraction of sp³-hybridized carbons (Fsp3) is 0.250. The van der Waals surface area contributed by atoms with Gasteiger partial charge in [-0.05, 0) is 50.1 Å². The van der Waals surface area contributed by atoms with Gasteiger partial charge in [-0.2, -0.15) is 0 Å². The topological polar surface area (TPSA) is 51.5 Å². The summed E-state index contributed by atoms with van der Waals surface area (Å²) in [6, 6.07) is 17.7. The highest BCUT2D eigenvalue weighted by Gasteiger charge is 2.22. The smallest absolute Gasteiger partial charge is 0.419 e. The van der Waals surface area contributed by atoms with Crippen LogP contribution in [-0.4, -0.2) is 21.4 Å². The lowest BCUT2D eigenvalue weighted by Crippen LogP contribution is -2.28. The van der Waals surface area contributed by atoms with Crippen molar-refractivity contribution in [1.29, 1.82) is 0 Å². The summed E-state index contributed by atoms with van der Waals surface area (Å²) >= 11 is 0. The third-order valence-electron chi connectivity index (χ3n) is 3.72. The Balaban J connectivity index is 2.09. The van der Waals surface area contributed by atoms with E-state index in [1.54, 1.807) is 0 Å². The molecule has 0 saturated heterocycles. The van der Waals surface area contributed by atoms with E-state index in [0.717, 1.165) is 22.0 Å². The molecule has 0 aliphatic heterocycles. The summed E-state index contributed by atoms with van der Waals surface area (Å²) in [6.07, 6.45) is -0.478. The van der Waals surface area contributed by atoms with Crippen LogP contribution in [0.15, 0.2) is 54.6 Å². The van der Waals surface area contributed by atoms with Crippen LogP contribution < -0.4 is 0 Å². The highest BCUT2D eigenvalue weighted by Crippen LogP contribution is 2.27. The van der Waals surface area contributed by atoms with Gasteiger partial charge in [0.15, 0.2) is 0 Å². The first-order valence-electron chi connectivity index (χ1n) is 7.93. The third-order valence-corrected chi connectivity index (χ3v) is 3.72. The van der Waals surface area contributed by atoms with Crippen LogP contribution in [0.3, 0.4) is 0 Å². The molecule has 1 heterocycles. The van der Waals surface area contributed by atoms with Gasteiger partial charge in [0.05, 0.1) is 17.8 Å². The van der Waals surface area contributed by atoms with E-state index in [1.807, 2.05) is 75.4 Å². The van der Waals surface area contributed by atoms with Crippen molar-refractivity contribution in [3.8, 4) is 11.1 Å². The van der Waals surface area contributed by atoms with Crippen molar-refractivity contribution < 1.29 is 14.6 Å². The lowest BCUT2D eigenvalue weighted by molar-refractivity contribution is 0.0533. The Labute approximate surface area is 141 Å². The minimum absolute atomic E-state index is 0.228. The molecule has 3 aromatic rings. The number of hydrogen-bond donors (Lipinski definition) is 1. The molecule has 1 N–H and O–H groups in total. The number of hydrogen-bond acceptors (Lipinski definition) is 3. The molecule has 2 aromatic carbocycles. The number of ether oxygens (including phenoxy) is 1. The van der Waals surface area contributed by atoms with Crippen molar-refractivity contribution in [3.63, 3.8) is 0 Å². The molecule has 0 bridgehead atoms. The second-order valence-electron chi connectivity index (χ2n) is 6.75. The lowest BCUT2D eigenvalue weighted by Gasteiger charge is -2.20. The zero-order valence-electron chi connectivity index (χ0n) is 14.1. The molecule has 1 aromatic heterocycles. The monoisotopic (exact) mass is 323 g/mol. The van der Waals surface area contributed by atoms with E-state index < -0.39 is 11.7 Å².